The Bertz CT molecular complexity index is 685. The van der Waals surface area contributed by atoms with Crippen LogP contribution in [-0.4, -0.2) is 15.7 Å². The maximum Gasteiger partial charge on any atom is 0.359 e. The average molecular weight is 356 g/mol. The van der Waals surface area contributed by atoms with Gasteiger partial charge in [0.05, 0.1) is 11.4 Å². The van der Waals surface area contributed by atoms with Crippen molar-refractivity contribution in [3.8, 4) is 0 Å². The van der Waals surface area contributed by atoms with Crippen LogP contribution in [0.15, 0.2) is 22.7 Å². The summed E-state index contributed by atoms with van der Waals surface area (Å²) < 4.78 is 20.4. The Labute approximate surface area is 130 Å². The molecule has 2 N–H and O–H groups in total. The standard InChI is InChI=1S/C14H15BrFN3O2/c1-3-11-12(17)13(19(2)18-11)14(20)21-7-8-6-9(16)4-5-10(8)15/h4-6H,3,7,17H2,1-2H3. The molecule has 0 amide bonds. The highest BCUT2D eigenvalue weighted by molar-refractivity contribution is 9.10. The van der Waals surface area contributed by atoms with Gasteiger partial charge in [0.15, 0.2) is 5.69 Å². The highest BCUT2D eigenvalue weighted by Crippen LogP contribution is 2.21. The van der Waals surface area contributed by atoms with Crippen molar-refractivity contribution in [2.75, 3.05) is 5.73 Å². The van der Waals surface area contributed by atoms with Gasteiger partial charge in [0.25, 0.3) is 0 Å². The van der Waals surface area contributed by atoms with Gasteiger partial charge in [-0.15, -0.1) is 0 Å². The summed E-state index contributed by atoms with van der Waals surface area (Å²) in [6, 6.07) is 4.19. The monoisotopic (exact) mass is 355 g/mol. The molecule has 0 unspecified atom stereocenters. The number of hydrogen-bond acceptors (Lipinski definition) is 4. The summed E-state index contributed by atoms with van der Waals surface area (Å²) in [6.07, 6.45) is 0.627. The molecule has 1 aromatic carbocycles. The van der Waals surface area contributed by atoms with E-state index in [1.807, 2.05) is 6.92 Å². The first-order valence-electron chi connectivity index (χ1n) is 6.36. The number of halogens is 2. The number of carbonyl (C=O) groups is 1. The molecule has 2 rings (SSSR count). The fourth-order valence-electron chi connectivity index (χ4n) is 1.96. The van der Waals surface area contributed by atoms with Gasteiger partial charge in [0.1, 0.15) is 12.4 Å². The lowest BCUT2D eigenvalue weighted by atomic mass is 10.2. The minimum atomic E-state index is -0.585. The van der Waals surface area contributed by atoms with Crippen LogP contribution in [0.4, 0.5) is 10.1 Å². The van der Waals surface area contributed by atoms with Crippen molar-refractivity contribution in [1.29, 1.82) is 0 Å². The number of benzene rings is 1. The number of nitrogens with two attached hydrogens (primary N) is 1. The fourth-order valence-corrected chi connectivity index (χ4v) is 2.33. The highest BCUT2D eigenvalue weighted by Gasteiger charge is 2.20. The summed E-state index contributed by atoms with van der Waals surface area (Å²) in [7, 11) is 1.63. The molecular formula is C14H15BrFN3O2. The van der Waals surface area contributed by atoms with Crippen LogP contribution in [-0.2, 0) is 24.8 Å². The van der Waals surface area contributed by atoms with E-state index in [1.165, 1.54) is 16.8 Å². The minimum Gasteiger partial charge on any atom is -0.456 e. The first-order valence-corrected chi connectivity index (χ1v) is 7.15. The van der Waals surface area contributed by atoms with Crippen LogP contribution in [0.2, 0.25) is 0 Å². The molecule has 0 spiro atoms. The Kier molecular flexibility index (Phi) is 4.62. The molecule has 112 valence electrons. The molecule has 7 heteroatoms. The number of hydrogen-bond donors (Lipinski definition) is 1. The van der Waals surface area contributed by atoms with Gasteiger partial charge in [-0.2, -0.15) is 5.10 Å². The van der Waals surface area contributed by atoms with Gasteiger partial charge in [-0.25, -0.2) is 9.18 Å². The van der Waals surface area contributed by atoms with Gasteiger partial charge in [0, 0.05) is 17.1 Å². The predicted molar refractivity (Wildman–Crippen MR) is 80.2 cm³/mol. The lowest BCUT2D eigenvalue weighted by molar-refractivity contribution is 0.0460. The van der Waals surface area contributed by atoms with Crippen molar-refractivity contribution in [2.24, 2.45) is 7.05 Å². The smallest absolute Gasteiger partial charge is 0.359 e. The van der Waals surface area contributed by atoms with E-state index in [0.29, 0.717) is 27.8 Å². The number of ether oxygens (including phenoxy) is 1. The average Bonchev–Trinajstić information content (AvgIpc) is 2.74. The molecule has 1 aromatic heterocycles. The van der Waals surface area contributed by atoms with Crippen LogP contribution in [0.1, 0.15) is 28.7 Å². The molecular weight excluding hydrogens is 341 g/mol. The molecule has 1 heterocycles. The number of nitrogen functional groups attached to an aromatic ring is 1. The number of nitrogens with zero attached hydrogens (tertiary/aromatic N) is 2. The number of anilines is 1. The number of aryl methyl sites for hydroxylation is 2. The highest BCUT2D eigenvalue weighted by atomic mass is 79.9. The summed E-state index contributed by atoms with van der Waals surface area (Å²) in [5, 5.41) is 4.16. The second kappa shape index (κ2) is 6.26. The second-order valence-electron chi connectivity index (χ2n) is 4.50. The van der Waals surface area contributed by atoms with Gasteiger partial charge < -0.3 is 10.5 Å². The quantitative estimate of drug-likeness (QED) is 0.856. The van der Waals surface area contributed by atoms with E-state index in [9.17, 15) is 9.18 Å². The molecule has 0 fully saturated rings. The third-order valence-electron chi connectivity index (χ3n) is 3.06. The van der Waals surface area contributed by atoms with E-state index in [4.69, 9.17) is 10.5 Å². The van der Waals surface area contributed by atoms with Crippen LogP contribution < -0.4 is 5.73 Å². The van der Waals surface area contributed by atoms with Gasteiger partial charge >= 0.3 is 5.97 Å². The van der Waals surface area contributed by atoms with Crippen molar-refractivity contribution in [3.05, 3.63) is 45.4 Å². The van der Waals surface area contributed by atoms with Crippen LogP contribution in [0.25, 0.3) is 0 Å². The van der Waals surface area contributed by atoms with E-state index in [1.54, 1.807) is 13.1 Å². The van der Waals surface area contributed by atoms with Crippen LogP contribution in [0, 0.1) is 5.82 Å². The molecule has 21 heavy (non-hydrogen) atoms. The van der Waals surface area contributed by atoms with Crippen LogP contribution in [0.3, 0.4) is 0 Å². The van der Waals surface area contributed by atoms with Gasteiger partial charge in [-0.05, 0) is 24.6 Å². The van der Waals surface area contributed by atoms with Gasteiger partial charge in [-0.3, -0.25) is 4.68 Å². The topological polar surface area (TPSA) is 70.1 Å². The molecule has 0 saturated carbocycles. The van der Waals surface area contributed by atoms with Crippen LogP contribution >= 0.6 is 15.9 Å². The van der Waals surface area contributed by atoms with E-state index in [2.05, 4.69) is 21.0 Å². The molecule has 5 nitrogen and oxygen atoms in total. The maximum absolute atomic E-state index is 13.2. The zero-order valence-corrected chi connectivity index (χ0v) is 13.3. The van der Waals surface area contributed by atoms with E-state index in [0.717, 1.165) is 0 Å². The SMILES string of the molecule is CCc1nn(C)c(C(=O)OCc2cc(F)ccc2Br)c1N. The van der Waals surface area contributed by atoms with E-state index < -0.39 is 11.8 Å². The number of aromatic nitrogens is 2. The fraction of sp³-hybridized carbons (Fsp3) is 0.286. The van der Waals surface area contributed by atoms with Gasteiger partial charge in [-0.1, -0.05) is 22.9 Å². The maximum atomic E-state index is 13.2. The van der Waals surface area contributed by atoms with Crippen molar-refractivity contribution in [1.82, 2.24) is 9.78 Å². The first kappa shape index (κ1) is 15.5. The number of carbonyl (C=O) groups excluding carboxylic acids is 1. The van der Waals surface area contributed by atoms with Crippen molar-refractivity contribution >= 4 is 27.6 Å². The third kappa shape index (κ3) is 3.24. The largest absolute Gasteiger partial charge is 0.456 e. The lowest BCUT2D eigenvalue weighted by Gasteiger charge is -2.07. The van der Waals surface area contributed by atoms with Crippen LogP contribution in [0.5, 0.6) is 0 Å². The zero-order chi connectivity index (χ0) is 15.6. The Balaban J connectivity index is 2.15. The van der Waals surface area contributed by atoms with Gasteiger partial charge in [0.2, 0.25) is 0 Å². The summed E-state index contributed by atoms with van der Waals surface area (Å²) in [4.78, 5) is 12.1. The second-order valence-corrected chi connectivity index (χ2v) is 5.35. The summed E-state index contributed by atoms with van der Waals surface area (Å²) in [5.74, 6) is -0.976. The summed E-state index contributed by atoms with van der Waals surface area (Å²) >= 11 is 3.28. The molecule has 2 aromatic rings. The minimum absolute atomic E-state index is 0.0523. The van der Waals surface area contributed by atoms with Crippen molar-refractivity contribution in [3.63, 3.8) is 0 Å². The Morgan fingerprint density at radius 3 is 2.86 bits per heavy atom. The van der Waals surface area contributed by atoms with E-state index >= 15 is 0 Å². The zero-order valence-electron chi connectivity index (χ0n) is 11.7. The Hall–Kier alpha value is -1.89. The Morgan fingerprint density at radius 1 is 1.52 bits per heavy atom. The molecule has 0 saturated heterocycles. The predicted octanol–water partition coefficient (Wildman–Crippen LogP) is 2.82. The lowest BCUT2D eigenvalue weighted by Crippen LogP contribution is -2.13. The first-order chi connectivity index (χ1) is 9.93. The number of rotatable bonds is 4. The van der Waals surface area contributed by atoms with E-state index in [-0.39, 0.29) is 12.3 Å². The molecule has 0 radical (unpaired) electrons. The third-order valence-corrected chi connectivity index (χ3v) is 3.83. The van der Waals surface area contributed by atoms with Crippen molar-refractivity contribution in [2.45, 2.75) is 20.0 Å². The molecule has 0 atom stereocenters. The van der Waals surface area contributed by atoms with Crippen molar-refractivity contribution < 1.29 is 13.9 Å². The molecule has 0 bridgehead atoms. The Morgan fingerprint density at radius 2 is 2.24 bits per heavy atom. The molecule has 0 aliphatic heterocycles. The number of esters is 1. The summed E-state index contributed by atoms with van der Waals surface area (Å²) in [6.45, 7) is 1.85. The summed E-state index contributed by atoms with van der Waals surface area (Å²) in [5.41, 5.74) is 7.61. The normalized spacial score (nSPS) is 10.7. The molecule has 0 aliphatic rings. The molecule has 0 aliphatic carbocycles.